The van der Waals surface area contributed by atoms with Crippen LogP contribution < -0.4 is 10.6 Å². The number of hydrogen-bond donors (Lipinski definition) is 2. The molecule has 9 heteroatoms. The number of aromatic nitrogens is 1. The van der Waals surface area contributed by atoms with Crippen LogP contribution in [-0.2, 0) is 9.59 Å². The number of carbonyl (C=O) groups is 3. The molecule has 7 nitrogen and oxygen atoms in total. The number of para-hydroxylation sites is 1. The van der Waals surface area contributed by atoms with Gasteiger partial charge in [0.1, 0.15) is 23.9 Å². The van der Waals surface area contributed by atoms with E-state index in [1.807, 2.05) is 0 Å². The molecule has 1 aromatic heterocycles. The fourth-order valence-electron chi connectivity index (χ4n) is 3.11. The van der Waals surface area contributed by atoms with Crippen molar-refractivity contribution in [3.63, 3.8) is 0 Å². The SMILES string of the molecule is O=C(CN1C(=O)N/C(=C/c2cccn2-c2ccc(F)cc2)C1=O)Nc1ccccc1F. The van der Waals surface area contributed by atoms with Gasteiger partial charge in [-0.1, -0.05) is 12.1 Å². The number of carbonyl (C=O) groups excluding carboxylic acids is 3. The summed E-state index contributed by atoms with van der Waals surface area (Å²) in [4.78, 5) is 37.8. The summed E-state index contributed by atoms with van der Waals surface area (Å²) < 4.78 is 28.6. The highest BCUT2D eigenvalue weighted by atomic mass is 19.1. The van der Waals surface area contributed by atoms with Crippen LogP contribution in [0.2, 0.25) is 0 Å². The van der Waals surface area contributed by atoms with Gasteiger partial charge < -0.3 is 15.2 Å². The zero-order chi connectivity index (χ0) is 22.0. The van der Waals surface area contributed by atoms with Gasteiger partial charge in [0, 0.05) is 17.6 Å². The fraction of sp³-hybridized carbons (Fsp3) is 0.0455. The minimum absolute atomic E-state index is 0.0225. The van der Waals surface area contributed by atoms with E-state index in [2.05, 4.69) is 10.6 Å². The summed E-state index contributed by atoms with van der Waals surface area (Å²) in [6.45, 7) is -0.574. The van der Waals surface area contributed by atoms with Crippen molar-refractivity contribution in [3.8, 4) is 5.69 Å². The molecule has 1 fully saturated rings. The van der Waals surface area contributed by atoms with Gasteiger partial charge in [0.25, 0.3) is 5.91 Å². The first-order valence-corrected chi connectivity index (χ1v) is 9.24. The number of rotatable bonds is 5. The minimum atomic E-state index is -0.764. The van der Waals surface area contributed by atoms with E-state index < -0.39 is 30.2 Å². The van der Waals surface area contributed by atoms with Gasteiger partial charge in [-0.25, -0.2) is 18.5 Å². The Balaban J connectivity index is 1.51. The van der Waals surface area contributed by atoms with Crippen LogP contribution in [0.3, 0.4) is 0 Å². The maximum absolute atomic E-state index is 13.7. The molecule has 156 valence electrons. The second-order valence-electron chi connectivity index (χ2n) is 6.69. The summed E-state index contributed by atoms with van der Waals surface area (Å²) in [5, 5.41) is 4.76. The zero-order valence-corrected chi connectivity index (χ0v) is 16.0. The number of hydrogen-bond acceptors (Lipinski definition) is 3. The molecule has 2 heterocycles. The lowest BCUT2D eigenvalue weighted by Crippen LogP contribution is -2.38. The Hall–Kier alpha value is -4.27. The maximum Gasteiger partial charge on any atom is 0.329 e. The van der Waals surface area contributed by atoms with Crippen LogP contribution in [0.5, 0.6) is 0 Å². The lowest BCUT2D eigenvalue weighted by molar-refractivity contribution is -0.127. The van der Waals surface area contributed by atoms with Crippen molar-refractivity contribution in [2.75, 3.05) is 11.9 Å². The lowest BCUT2D eigenvalue weighted by atomic mass is 10.2. The van der Waals surface area contributed by atoms with Gasteiger partial charge in [0.05, 0.1) is 5.69 Å². The number of amides is 4. The average molecular weight is 422 g/mol. The summed E-state index contributed by atoms with van der Waals surface area (Å²) in [6, 6.07) is 14.0. The molecule has 1 aliphatic rings. The van der Waals surface area contributed by atoms with Crippen molar-refractivity contribution in [2.24, 2.45) is 0 Å². The lowest BCUT2D eigenvalue weighted by Gasteiger charge is -2.12. The molecule has 0 bridgehead atoms. The van der Waals surface area contributed by atoms with Crippen LogP contribution in [-0.4, -0.2) is 33.9 Å². The third-order valence-corrected chi connectivity index (χ3v) is 4.59. The molecule has 0 radical (unpaired) electrons. The quantitative estimate of drug-likeness (QED) is 0.489. The molecule has 0 spiro atoms. The highest BCUT2D eigenvalue weighted by molar-refractivity contribution is 6.15. The summed E-state index contributed by atoms with van der Waals surface area (Å²) in [7, 11) is 0. The second kappa shape index (κ2) is 8.23. The monoisotopic (exact) mass is 422 g/mol. The first kappa shape index (κ1) is 20.0. The highest BCUT2D eigenvalue weighted by Gasteiger charge is 2.35. The van der Waals surface area contributed by atoms with Crippen LogP contribution >= 0.6 is 0 Å². The fourth-order valence-corrected chi connectivity index (χ4v) is 3.11. The summed E-state index contributed by atoms with van der Waals surface area (Å²) in [6.07, 6.45) is 3.18. The van der Waals surface area contributed by atoms with E-state index in [1.165, 1.54) is 36.4 Å². The number of benzene rings is 2. The molecule has 4 amide bonds. The molecule has 2 aromatic carbocycles. The normalized spacial score (nSPS) is 14.8. The first-order valence-electron chi connectivity index (χ1n) is 9.24. The van der Waals surface area contributed by atoms with E-state index in [0.29, 0.717) is 11.4 Å². The molecule has 2 N–H and O–H groups in total. The second-order valence-corrected chi connectivity index (χ2v) is 6.69. The summed E-state index contributed by atoms with van der Waals surface area (Å²) in [5.41, 5.74) is 1.15. The third kappa shape index (κ3) is 4.20. The number of imide groups is 1. The third-order valence-electron chi connectivity index (χ3n) is 4.59. The Morgan fingerprint density at radius 3 is 2.48 bits per heavy atom. The standard InChI is InChI=1S/C22H16F2N4O3/c23-14-7-9-15(10-8-14)27-11-3-4-16(27)12-19-21(30)28(22(31)26-19)13-20(29)25-18-6-2-1-5-17(18)24/h1-12H,13H2,(H,25,29)(H,26,31)/b19-12+. The molecule has 0 saturated carbocycles. The van der Waals surface area contributed by atoms with Gasteiger partial charge in [-0.05, 0) is 54.6 Å². The number of nitrogens with one attached hydrogen (secondary N) is 2. The predicted molar refractivity (Wildman–Crippen MR) is 109 cm³/mol. The van der Waals surface area contributed by atoms with Crippen molar-refractivity contribution in [3.05, 3.63) is 89.9 Å². The van der Waals surface area contributed by atoms with Crippen molar-refractivity contribution in [1.29, 1.82) is 0 Å². The van der Waals surface area contributed by atoms with Gasteiger partial charge in [0.2, 0.25) is 5.91 Å². The van der Waals surface area contributed by atoms with E-state index in [9.17, 15) is 23.2 Å². The first-order chi connectivity index (χ1) is 14.9. The van der Waals surface area contributed by atoms with Gasteiger partial charge >= 0.3 is 6.03 Å². The molecule has 0 aliphatic carbocycles. The number of anilines is 1. The van der Waals surface area contributed by atoms with Crippen molar-refractivity contribution < 1.29 is 23.2 Å². The molecule has 1 saturated heterocycles. The van der Waals surface area contributed by atoms with Gasteiger partial charge in [0.15, 0.2) is 0 Å². The molecular formula is C22H16F2N4O3. The van der Waals surface area contributed by atoms with Crippen LogP contribution in [0.1, 0.15) is 5.69 Å². The van der Waals surface area contributed by atoms with Crippen LogP contribution in [0.25, 0.3) is 11.8 Å². The molecule has 1 aliphatic heterocycles. The van der Waals surface area contributed by atoms with E-state index in [-0.39, 0.29) is 17.2 Å². The van der Waals surface area contributed by atoms with Crippen LogP contribution in [0.15, 0.2) is 72.6 Å². The van der Waals surface area contributed by atoms with E-state index in [1.54, 1.807) is 41.1 Å². The Morgan fingerprint density at radius 2 is 1.74 bits per heavy atom. The van der Waals surface area contributed by atoms with E-state index >= 15 is 0 Å². The molecular weight excluding hydrogens is 406 g/mol. The molecule has 0 unspecified atom stereocenters. The van der Waals surface area contributed by atoms with Crippen molar-refractivity contribution in [1.82, 2.24) is 14.8 Å². The zero-order valence-electron chi connectivity index (χ0n) is 16.0. The Bertz CT molecular complexity index is 1200. The predicted octanol–water partition coefficient (Wildman–Crippen LogP) is 3.29. The number of urea groups is 1. The largest absolute Gasteiger partial charge is 0.329 e. The number of nitrogens with zero attached hydrogens (tertiary/aromatic N) is 2. The molecule has 4 rings (SSSR count). The Morgan fingerprint density at radius 1 is 1.00 bits per heavy atom. The summed E-state index contributed by atoms with van der Waals surface area (Å²) in [5.74, 6) is -2.42. The Kier molecular flexibility index (Phi) is 5.31. The highest BCUT2D eigenvalue weighted by Crippen LogP contribution is 2.19. The molecule has 3 aromatic rings. The van der Waals surface area contributed by atoms with Crippen LogP contribution in [0, 0.1) is 11.6 Å². The van der Waals surface area contributed by atoms with Gasteiger partial charge in [-0.3, -0.25) is 9.59 Å². The Labute approximate surface area is 175 Å². The molecule has 0 atom stereocenters. The maximum atomic E-state index is 13.7. The smallest absolute Gasteiger partial charge is 0.322 e. The van der Waals surface area contributed by atoms with Crippen molar-refractivity contribution >= 4 is 29.6 Å². The summed E-state index contributed by atoms with van der Waals surface area (Å²) >= 11 is 0. The average Bonchev–Trinajstić information content (AvgIpc) is 3.30. The van der Waals surface area contributed by atoms with Gasteiger partial charge in [-0.15, -0.1) is 0 Å². The van der Waals surface area contributed by atoms with E-state index in [0.717, 1.165) is 4.90 Å². The minimum Gasteiger partial charge on any atom is -0.322 e. The van der Waals surface area contributed by atoms with Gasteiger partial charge in [-0.2, -0.15) is 0 Å². The number of halogens is 2. The van der Waals surface area contributed by atoms with E-state index in [4.69, 9.17) is 0 Å². The topological polar surface area (TPSA) is 83.4 Å². The van der Waals surface area contributed by atoms with Crippen LogP contribution in [0.4, 0.5) is 19.3 Å². The molecule has 31 heavy (non-hydrogen) atoms. The van der Waals surface area contributed by atoms with Crippen molar-refractivity contribution in [2.45, 2.75) is 0 Å².